The largest absolute Gasteiger partial charge is 0.457 e. The molecule has 4 aromatic heterocycles. The first-order valence-electron chi connectivity index (χ1n) is 28.1. The highest BCUT2D eigenvalue weighted by atomic mass is 28.4. The second kappa shape index (κ2) is 15.6. The van der Waals surface area contributed by atoms with Crippen LogP contribution in [0.3, 0.4) is 0 Å². The second-order valence-electron chi connectivity index (χ2n) is 17.1. The quantitative estimate of drug-likeness (QED) is 0.107. The second-order valence-corrected chi connectivity index (χ2v) is 26.8. The molecule has 0 fully saturated rings. The number of hydrogen-bond acceptors (Lipinski definition) is 4. The molecule has 1 aliphatic rings. The van der Waals surface area contributed by atoms with E-state index in [9.17, 15) is 16.4 Å². The summed E-state index contributed by atoms with van der Waals surface area (Å²) in [7, 11) is -16.4. The van der Waals surface area contributed by atoms with Crippen molar-refractivity contribution in [1.29, 1.82) is 0 Å². The van der Waals surface area contributed by atoms with Crippen LogP contribution in [0.25, 0.3) is 33.5 Å². The van der Waals surface area contributed by atoms with Crippen LogP contribution in [0.1, 0.15) is 27.6 Å². The number of ether oxygens (including phenoxy) is 1. The van der Waals surface area contributed by atoms with E-state index in [1.807, 2.05) is 127 Å². The third-order valence-corrected chi connectivity index (χ3v) is 26.1. The SMILES string of the molecule is [2H]C([2H])([2H])[Si](c1ccccn1)(C([2H])([2H])[2H])C1([Si](c2ccccn2)(C([2H])([2H])[2H])C([2H])([2H])[2H])c2ccccc2Oc2c1cccc2[Si](c1ccccc1)(c1ccccc1)c1cccc(-n2c3ccccc3n3c4ccccc4nc23)c1. The van der Waals surface area contributed by atoms with Crippen LogP contribution >= 0.6 is 0 Å². The lowest BCUT2D eigenvalue weighted by Crippen LogP contribution is -2.78. The molecule has 0 atom stereocenters. The highest BCUT2D eigenvalue weighted by Crippen LogP contribution is 2.56. The van der Waals surface area contributed by atoms with Crippen LogP contribution in [0.5, 0.6) is 11.5 Å². The average molecular weight is 928 g/mol. The molecular weight excluding hydrogens is 867 g/mol. The molecule has 0 N–H and O–H groups in total. The first kappa shape index (κ1) is 30.0. The van der Waals surface area contributed by atoms with E-state index in [0.29, 0.717) is 11.0 Å². The fraction of sp³-hybridized carbons (Fsp3) is 0.0862. The molecule has 0 radical (unpaired) electrons. The number of pyridine rings is 2. The van der Waals surface area contributed by atoms with Gasteiger partial charge in [0.15, 0.2) is 8.07 Å². The van der Waals surface area contributed by atoms with Gasteiger partial charge in [0.2, 0.25) is 5.78 Å². The Labute approximate surface area is 410 Å². The monoisotopic (exact) mass is 927 g/mol. The highest BCUT2D eigenvalue weighted by molar-refractivity contribution is 7.20. The average Bonchev–Trinajstić information content (AvgIpc) is 4.16. The summed E-state index contributed by atoms with van der Waals surface area (Å²) in [6, 6.07) is 63.7. The van der Waals surface area contributed by atoms with E-state index < -0.39 is 65.4 Å². The minimum absolute atomic E-state index is 0.0399. The zero-order valence-electron chi connectivity index (χ0n) is 48.0. The van der Waals surface area contributed by atoms with Gasteiger partial charge in [0.05, 0.1) is 22.1 Å². The van der Waals surface area contributed by atoms with Crippen molar-refractivity contribution < 1.29 is 21.2 Å². The molecule has 0 aliphatic carbocycles. The Morgan fingerprint density at radius 2 is 1.04 bits per heavy atom. The van der Waals surface area contributed by atoms with E-state index in [4.69, 9.17) is 9.72 Å². The molecule has 0 saturated carbocycles. The molecule has 11 aromatic rings. The number of benzene rings is 7. The van der Waals surface area contributed by atoms with Gasteiger partial charge in [0, 0.05) is 61.0 Å². The van der Waals surface area contributed by atoms with Gasteiger partial charge in [0.25, 0.3) is 0 Å². The molecule has 67 heavy (non-hydrogen) atoms. The molecule has 324 valence electrons. The van der Waals surface area contributed by atoms with E-state index in [1.165, 1.54) is 60.9 Å². The first-order chi connectivity index (χ1) is 37.8. The lowest BCUT2D eigenvalue weighted by atomic mass is 9.98. The van der Waals surface area contributed by atoms with Gasteiger partial charge >= 0.3 is 0 Å². The van der Waals surface area contributed by atoms with Crippen molar-refractivity contribution in [2.24, 2.45) is 0 Å². The topological polar surface area (TPSA) is 57.2 Å². The fourth-order valence-corrected chi connectivity index (χ4v) is 23.2. The van der Waals surface area contributed by atoms with E-state index >= 15 is 0 Å². The normalized spacial score (nSPS) is 17.0. The van der Waals surface area contributed by atoms with Crippen LogP contribution in [0.15, 0.2) is 225 Å². The summed E-state index contributed by atoms with van der Waals surface area (Å²) < 4.78 is 129. The number of fused-ring (bicyclic) bond motifs is 7. The smallest absolute Gasteiger partial charge is 0.220 e. The van der Waals surface area contributed by atoms with Gasteiger partial charge in [-0.25, -0.2) is 4.98 Å². The molecule has 6 nitrogen and oxygen atoms in total. The zero-order chi connectivity index (χ0) is 55.4. The molecule has 0 spiro atoms. The lowest BCUT2D eigenvalue weighted by Gasteiger charge is -2.57. The Balaban J connectivity index is 1.32. The minimum Gasteiger partial charge on any atom is -0.457 e. The summed E-state index contributed by atoms with van der Waals surface area (Å²) in [5.41, 5.74) is 3.94. The van der Waals surface area contributed by atoms with E-state index in [2.05, 4.69) is 31.1 Å². The van der Waals surface area contributed by atoms with Gasteiger partial charge in [-0.2, -0.15) is 0 Å². The molecule has 0 unspecified atom stereocenters. The van der Waals surface area contributed by atoms with Crippen LogP contribution in [-0.2, 0) is 4.66 Å². The van der Waals surface area contributed by atoms with Crippen LogP contribution in [0, 0.1) is 0 Å². The predicted molar refractivity (Wildman–Crippen MR) is 283 cm³/mol. The van der Waals surface area contributed by atoms with Gasteiger partial charge in [-0.1, -0.05) is 171 Å². The maximum absolute atomic E-state index is 10.0. The maximum atomic E-state index is 10.0. The summed E-state index contributed by atoms with van der Waals surface area (Å²) in [5.74, 6) is 0.542. The first-order valence-corrected chi connectivity index (χ1v) is 28.1. The molecule has 7 aromatic carbocycles. The third kappa shape index (κ3) is 5.81. The van der Waals surface area contributed by atoms with Crippen molar-refractivity contribution in [2.75, 3.05) is 0 Å². The van der Waals surface area contributed by atoms with Gasteiger partial charge in [-0.15, -0.1) is 0 Å². The van der Waals surface area contributed by atoms with Crippen molar-refractivity contribution in [3.05, 3.63) is 236 Å². The predicted octanol–water partition coefficient (Wildman–Crippen LogP) is 9.30. The Kier molecular flexibility index (Phi) is 6.97. The highest BCUT2D eigenvalue weighted by Gasteiger charge is 2.65. The molecule has 0 amide bonds. The van der Waals surface area contributed by atoms with Crippen molar-refractivity contribution in [3.63, 3.8) is 0 Å². The van der Waals surface area contributed by atoms with Crippen molar-refractivity contribution in [3.8, 4) is 17.2 Å². The number of hydrogen-bond donors (Lipinski definition) is 0. The summed E-state index contributed by atoms with van der Waals surface area (Å²) in [6.45, 7) is -14.5. The summed E-state index contributed by atoms with van der Waals surface area (Å²) >= 11 is 0. The Bertz CT molecular complexity index is 3950. The molecule has 1 aliphatic heterocycles. The summed E-state index contributed by atoms with van der Waals surface area (Å²) in [5, 5.41) is 2.11. The van der Waals surface area contributed by atoms with Gasteiger partial charge in [-0.05, 0) is 87.5 Å². The Morgan fingerprint density at radius 3 is 1.70 bits per heavy atom. The third-order valence-electron chi connectivity index (χ3n) is 13.6. The maximum Gasteiger partial charge on any atom is 0.220 e. The number of para-hydroxylation sites is 6. The Morgan fingerprint density at radius 1 is 0.493 bits per heavy atom. The van der Waals surface area contributed by atoms with Crippen LogP contribution in [0.4, 0.5) is 0 Å². The Hall–Kier alpha value is -7.44. The minimum atomic E-state index is -6.18. The molecule has 5 heterocycles. The van der Waals surface area contributed by atoms with E-state index in [1.54, 1.807) is 24.3 Å². The standard InChI is InChI=1S/C58H49N5OSi3/c1-65(2,54-37-17-19-39-59-54)58(66(3,4)55-38-18-20-40-60-55)46-29-11-16-35-52(46)64-56-47(58)30-22-36-53(56)67(43-24-7-5-8-25-43,44-26-9-6-10-27-44)45-28-21-23-42(41-45)62-50-33-14-15-34-51(50)63-49-32-13-12-31-48(49)61-57(62)63/h5-41H,1-4H3/i1D3,2D3,3D3,4D3. The number of imidazole rings is 2. The summed E-state index contributed by atoms with van der Waals surface area (Å²) in [4.78, 5) is 14.5. The number of nitrogens with zero attached hydrogens (tertiary/aromatic N) is 5. The van der Waals surface area contributed by atoms with Crippen LogP contribution < -0.4 is 36.1 Å². The van der Waals surface area contributed by atoms with Gasteiger partial charge in [0.1, 0.15) is 27.6 Å². The van der Waals surface area contributed by atoms with Crippen molar-refractivity contribution in [1.82, 2.24) is 23.9 Å². The zero-order valence-corrected chi connectivity index (χ0v) is 39.0. The molecule has 12 rings (SSSR count). The summed E-state index contributed by atoms with van der Waals surface area (Å²) in [6.07, 6.45) is 2.56. The molecule has 9 heteroatoms. The number of rotatable bonds is 9. The van der Waals surface area contributed by atoms with Gasteiger partial charge in [-0.3, -0.25) is 18.9 Å². The van der Waals surface area contributed by atoms with E-state index in [-0.39, 0.29) is 22.6 Å². The number of aromatic nitrogens is 5. The molecule has 0 saturated heterocycles. The van der Waals surface area contributed by atoms with Crippen molar-refractivity contribution in [2.45, 2.75) is 30.6 Å². The van der Waals surface area contributed by atoms with Crippen LogP contribution in [0.2, 0.25) is 25.9 Å². The van der Waals surface area contributed by atoms with Gasteiger partial charge < -0.3 is 4.74 Å². The van der Waals surface area contributed by atoms with E-state index in [0.717, 1.165) is 43.3 Å². The lowest BCUT2D eigenvalue weighted by molar-refractivity contribution is 0.453. The van der Waals surface area contributed by atoms with Crippen LogP contribution in [-0.4, -0.2) is 48.1 Å². The fourth-order valence-electron chi connectivity index (χ4n) is 10.8. The van der Waals surface area contributed by atoms with Crippen molar-refractivity contribution >= 4 is 83.4 Å². The molecule has 0 bridgehead atoms. The molecular formula is C58H49N5OSi3.